The smallest absolute Gasteiger partial charge is 0.322 e. The molecule has 6 heteroatoms. The number of carbonyl (C=O) groups is 1. The molecule has 0 unspecified atom stereocenters. The van der Waals surface area contributed by atoms with Crippen molar-refractivity contribution in [2.45, 2.75) is 26.0 Å². The zero-order chi connectivity index (χ0) is 21.6. The molecular weight excluding hydrogens is 393 g/mol. The topological polar surface area (TPSA) is 53.9 Å². The number of oxime groups is 1. The summed E-state index contributed by atoms with van der Waals surface area (Å²) >= 11 is 0. The number of amides is 2. The van der Waals surface area contributed by atoms with E-state index in [4.69, 9.17) is 4.84 Å². The van der Waals surface area contributed by atoms with E-state index < -0.39 is 0 Å². The van der Waals surface area contributed by atoms with Crippen molar-refractivity contribution in [3.63, 3.8) is 0 Å². The van der Waals surface area contributed by atoms with E-state index in [0.717, 1.165) is 16.8 Å². The van der Waals surface area contributed by atoms with Gasteiger partial charge in [0, 0.05) is 24.2 Å². The van der Waals surface area contributed by atoms with E-state index in [2.05, 4.69) is 10.5 Å². The Hall–Kier alpha value is -3.67. The molecule has 0 aliphatic carbocycles. The monoisotopic (exact) mass is 417 g/mol. The van der Waals surface area contributed by atoms with Crippen LogP contribution in [-0.2, 0) is 11.4 Å². The summed E-state index contributed by atoms with van der Waals surface area (Å²) in [6, 6.07) is 23.7. The molecule has 0 aromatic heterocycles. The molecule has 0 saturated carbocycles. The highest BCUT2D eigenvalue weighted by molar-refractivity contribution is 6.01. The van der Waals surface area contributed by atoms with Crippen molar-refractivity contribution in [1.82, 2.24) is 4.90 Å². The summed E-state index contributed by atoms with van der Waals surface area (Å²) in [4.78, 5) is 20.3. The molecule has 0 radical (unpaired) electrons. The summed E-state index contributed by atoms with van der Waals surface area (Å²) < 4.78 is 14.1. The minimum atomic E-state index is -0.346. The Labute approximate surface area is 181 Å². The molecule has 0 fully saturated rings. The van der Waals surface area contributed by atoms with Crippen LogP contribution >= 0.6 is 0 Å². The highest BCUT2D eigenvalue weighted by Gasteiger charge is 2.28. The van der Waals surface area contributed by atoms with Crippen molar-refractivity contribution in [2.75, 3.05) is 11.9 Å². The number of anilines is 1. The third-order valence-corrected chi connectivity index (χ3v) is 5.11. The van der Waals surface area contributed by atoms with Crippen molar-refractivity contribution >= 4 is 17.4 Å². The quantitative estimate of drug-likeness (QED) is 0.587. The van der Waals surface area contributed by atoms with Gasteiger partial charge in [0.2, 0.25) is 0 Å². The summed E-state index contributed by atoms with van der Waals surface area (Å²) in [6.45, 7) is 2.73. The normalized spacial score (nSPS) is 15.2. The Balaban J connectivity index is 1.47. The number of nitrogens with zero attached hydrogens (tertiary/aromatic N) is 2. The first-order chi connectivity index (χ1) is 15.1. The third-order valence-electron chi connectivity index (χ3n) is 5.11. The fraction of sp³-hybridized carbons (Fsp3) is 0.200. The van der Waals surface area contributed by atoms with Gasteiger partial charge in [-0.05, 0) is 36.2 Å². The fourth-order valence-electron chi connectivity index (χ4n) is 3.57. The summed E-state index contributed by atoms with van der Waals surface area (Å²) in [5, 5.41) is 7.04. The molecule has 3 aromatic carbocycles. The van der Waals surface area contributed by atoms with Crippen LogP contribution < -0.4 is 5.32 Å². The molecule has 1 N–H and O–H groups in total. The summed E-state index contributed by atoms with van der Waals surface area (Å²) in [5.74, 6) is -0.330. The van der Waals surface area contributed by atoms with Crippen LogP contribution in [0.1, 0.15) is 23.1 Å². The lowest BCUT2D eigenvalue weighted by molar-refractivity contribution is 0.0608. The van der Waals surface area contributed by atoms with E-state index in [9.17, 15) is 9.18 Å². The van der Waals surface area contributed by atoms with Gasteiger partial charge in [-0.15, -0.1) is 0 Å². The number of hydrogen-bond donors (Lipinski definition) is 1. The fourth-order valence-corrected chi connectivity index (χ4v) is 3.57. The second-order valence-corrected chi connectivity index (χ2v) is 7.62. The predicted molar refractivity (Wildman–Crippen MR) is 119 cm³/mol. The summed E-state index contributed by atoms with van der Waals surface area (Å²) in [6.07, 6.45) is 0.0887. The van der Waals surface area contributed by atoms with Crippen LogP contribution in [0.5, 0.6) is 0 Å². The van der Waals surface area contributed by atoms with E-state index in [1.54, 1.807) is 23.1 Å². The van der Waals surface area contributed by atoms with E-state index in [0.29, 0.717) is 30.8 Å². The van der Waals surface area contributed by atoms with Gasteiger partial charge in [0.15, 0.2) is 6.10 Å². The standard InChI is InChI=1S/C25H24FN3O2/c1-18-8-7-11-20(14-18)27-25(30)29(16-19-9-3-2-4-10-19)17-21-15-24(28-31-21)22-12-5-6-13-23(22)26/h2-14,21H,15-17H2,1H3,(H,27,30)/t21-/m1/s1. The number of hydrogen-bond acceptors (Lipinski definition) is 3. The molecule has 3 aromatic rings. The van der Waals surface area contributed by atoms with Crippen LogP contribution in [0.15, 0.2) is 84.0 Å². The molecule has 2 amide bonds. The van der Waals surface area contributed by atoms with Crippen LogP contribution in [0.3, 0.4) is 0 Å². The summed E-state index contributed by atoms with van der Waals surface area (Å²) in [7, 11) is 0. The van der Waals surface area contributed by atoms with Crippen molar-refractivity contribution in [3.05, 3.63) is 101 Å². The molecule has 31 heavy (non-hydrogen) atoms. The van der Waals surface area contributed by atoms with Gasteiger partial charge in [-0.2, -0.15) is 0 Å². The van der Waals surface area contributed by atoms with Gasteiger partial charge in [-0.3, -0.25) is 0 Å². The van der Waals surface area contributed by atoms with E-state index in [1.165, 1.54) is 6.07 Å². The van der Waals surface area contributed by atoms with Gasteiger partial charge in [-0.1, -0.05) is 65.8 Å². The molecule has 0 spiro atoms. The second kappa shape index (κ2) is 9.43. The minimum Gasteiger partial charge on any atom is -0.390 e. The van der Waals surface area contributed by atoms with Gasteiger partial charge in [-0.25, -0.2) is 9.18 Å². The molecule has 5 nitrogen and oxygen atoms in total. The van der Waals surface area contributed by atoms with Gasteiger partial charge in [0.05, 0.1) is 12.3 Å². The lowest BCUT2D eigenvalue weighted by Crippen LogP contribution is -2.40. The highest BCUT2D eigenvalue weighted by Crippen LogP contribution is 2.21. The number of halogens is 1. The van der Waals surface area contributed by atoms with Gasteiger partial charge in [0.25, 0.3) is 0 Å². The van der Waals surface area contributed by atoms with Crippen LogP contribution in [0.25, 0.3) is 0 Å². The lowest BCUT2D eigenvalue weighted by Gasteiger charge is -2.25. The van der Waals surface area contributed by atoms with Crippen molar-refractivity contribution in [1.29, 1.82) is 0 Å². The van der Waals surface area contributed by atoms with Crippen molar-refractivity contribution in [3.8, 4) is 0 Å². The average Bonchev–Trinajstić information content (AvgIpc) is 3.23. The van der Waals surface area contributed by atoms with Crippen LogP contribution in [-0.4, -0.2) is 29.3 Å². The highest BCUT2D eigenvalue weighted by atomic mass is 19.1. The Morgan fingerprint density at radius 1 is 1.10 bits per heavy atom. The van der Waals surface area contributed by atoms with Crippen molar-refractivity contribution in [2.24, 2.45) is 5.16 Å². The first-order valence-electron chi connectivity index (χ1n) is 10.2. The Morgan fingerprint density at radius 3 is 2.65 bits per heavy atom. The molecule has 1 heterocycles. The van der Waals surface area contributed by atoms with Crippen LogP contribution in [0.4, 0.5) is 14.9 Å². The lowest BCUT2D eigenvalue weighted by atomic mass is 10.0. The zero-order valence-electron chi connectivity index (χ0n) is 17.3. The van der Waals surface area contributed by atoms with Crippen LogP contribution in [0, 0.1) is 12.7 Å². The predicted octanol–water partition coefficient (Wildman–Crippen LogP) is 5.36. The number of rotatable bonds is 6. The number of carbonyl (C=O) groups excluding carboxylic acids is 1. The SMILES string of the molecule is Cc1cccc(NC(=O)N(Cc2ccccc2)C[C@H]2CC(c3ccccc3F)=NO2)c1. The number of aryl methyl sites for hydroxylation is 1. The number of urea groups is 1. The zero-order valence-corrected chi connectivity index (χ0v) is 17.3. The molecule has 0 saturated heterocycles. The van der Waals surface area contributed by atoms with Gasteiger partial charge < -0.3 is 15.1 Å². The van der Waals surface area contributed by atoms with Crippen molar-refractivity contribution < 1.29 is 14.0 Å². The third kappa shape index (κ3) is 5.28. The molecule has 4 rings (SSSR count). The van der Waals surface area contributed by atoms with E-state index in [-0.39, 0.29) is 18.0 Å². The number of nitrogens with one attached hydrogen (secondary N) is 1. The van der Waals surface area contributed by atoms with Crippen LogP contribution in [0.2, 0.25) is 0 Å². The molecule has 0 bridgehead atoms. The first-order valence-corrected chi connectivity index (χ1v) is 10.2. The Bertz CT molecular complexity index is 1080. The molecular formula is C25H24FN3O2. The molecule has 1 aliphatic heterocycles. The summed E-state index contributed by atoms with van der Waals surface area (Å²) in [5.41, 5.74) is 3.80. The molecule has 158 valence electrons. The number of benzene rings is 3. The maximum Gasteiger partial charge on any atom is 0.322 e. The average molecular weight is 417 g/mol. The first kappa shape index (κ1) is 20.6. The van der Waals surface area contributed by atoms with E-state index in [1.807, 2.05) is 61.5 Å². The largest absolute Gasteiger partial charge is 0.390 e. The minimum absolute atomic E-state index is 0.225. The Morgan fingerprint density at radius 2 is 1.87 bits per heavy atom. The van der Waals surface area contributed by atoms with E-state index >= 15 is 0 Å². The Kier molecular flexibility index (Phi) is 6.26. The molecule has 1 atom stereocenters. The second-order valence-electron chi connectivity index (χ2n) is 7.62. The maximum atomic E-state index is 14.1. The van der Waals surface area contributed by atoms with Gasteiger partial charge >= 0.3 is 6.03 Å². The maximum absolute atomic E-state index is 14.1. The van der Waals surface area contributed by atoms with Gasteiger partial charge in [0.1, 0.15) is 5.82 Å². The molecule has 1 aliphatic rings.